The SMILES string of the molecule is CCOCC(C)NS(=O)(=O)c1ccc(CN)c(Cl)c1. The van der Waals surface area contributed by atoms with E-state index in [9.17, 15) is 8.42 Å². The maximum Gasteiger partial charge on any atom is 0.240 e. The molecular weight excluding hydrogens is 288 g/mol. The summed E-state index contributed by atoms with van der Waals surface area (Å²) in [5, 5.41) is 0.350. The van der Waals surface area contributed by atoms with Crippen LogP contribution >= 0.6 is 11.6 Å². The van der Waals surface area contributed by atoms with Crippen LogP contribution in [0.2, 0.25) is 5.02 Å². The highest BCUT2D eigenvalue weighted by molar-refractivity contribution is 7.89. The number of halogens is 1. The van der Waals surface area contributed by atoms with E-state index >= 15 is 0 Å². The Labute approximate surface area is 119 Å². The molecule has 1 unspecified atom stereocenters. The molecule has 1 rings (SSSR count). The van der Waals surface area contributed by atoms with Gasteiger partial charge in [0, 0.05) is 24.2 Å². The minimum absolute atomic E-state index is 0.123. The number of benzene rings is 1. The molecule has 0 aliphatic rings. The van der Waals surface area contributed by atoms with Crippen molar-refractivity contribution in [1.29, 1.82) is 0 Å². The van der Waals surface area contributed by atoms with E-state index in [1.807, 2.05) is 6.92 Å². The third-order valence-electron chi connectivity index (χ3n) is 2.48. The molecule has 0 aliphatic heterocycles. The highest BCUT2D eigenvalue weighted by atomic mass is 35.5. The number of nitrogens with two attached hydrogens (primary N) is 1. The minimum atomic E-state index is -3.59. The van der Waals surface area contributed by atoms with Crippen LogP contribution in [0.1, 0.15) is 19.4 Å². The molecule has 7 heteroatoms. The first-order valence-corrected chi connectivity index (χ1v) is 7.85. The first kappa shape index (κ1) is 16.4. The maximum absolute atomic E-state index is 12.1. The van der Waals surface area contributed by atoms with Crippen molar-refractivity contribution in [3.63, 3.8) is 0 Å². The monoisotopic (exact) mass is 306 g/mol. The van der Waals surface area contributed by atoms with Crippen molar-refractivity contribution in [3.8, 4) is 0 Å². The fraction of sp³-hybridized carbons (Fsp3) is 0.500. The van der Waals surface area contributed by atoms with Gasteiger partial charge in [-0.15, -0.1) is 0 Å². The van der Waals surface area contributed by atoms with Gasteiger partial charge in [0.25, 0.3) is 0 Å². The van der Waals surface area contributed by atoms with Crippen molar-refractivity contribution in [2.75, 3.05) is 13.2 Å². The zero-order valence-electron chi connectivity index (χ0n) is 11.0. The molecule has 0 saturated heterocycles. The molecule has 0 bridgehead atoms. The fourth-order valence-corrected chi connectivity index (χ4v) is 3.10. The largest absolute Gasteiger partial charge is 0.380 e. The molecule has 5 nitrogen and oxygen atoms in total. The molecule has 1 aromatic carbocycles. The van der Waals surface area contributed by atoms with Crippen molar-refractivity contribution >= 4 is 21.6 Å². The highest BCUT2D eigenvalue weighted by Crippen LogP contribution is 2.20. The van der Waals surface area contributed by atoms with Gasteiger partial charge in [-0.05, 0) is 31.5 Å². The van der Waals surface area contributed by atoms with Gasteiger partial charge in [0.05, 0.1) is 11.5 Å². The number of nitrogens with one attached hydrogen (secondary N) is 1. The first-order chi connectivity index (χ1) is 8.90. The van der Waals surface area contributed by atoms with Crippen LogP contribution in [-0.4, -0.2) is 27.7 Å². The van der Waals surface area contributed by atoms with Gasteiger partial charge in [-0.3, -0.25) is 0 Å². The standard InChI is InChI=1S/C12H19ClN2O3S/c1-3-18-8-9(2)15-19(16,17)11-5-4-10(7-14)12(13)6-11/h4-6,9,15H,3,7-8,14H2,1-2H3. The molecule has 19 heavy (non-hydrogen) atoms. The zero-order chi connectivity index (χ0) is 14.5. The summed E-state index contributed by atoms with van der Waals surface area (Å²) in [5.41, 5.74) is 6.19. The Morgan fingerprint density at radius 1 is 1.47 bits per heavy atom. The van der Waals surface area contributed by atoms with Crippen LogP contribution in [0.5, 0.6) is 0 Å². The van der Waals surface area contributed by atoms with Crippen LogP contribution in [0.25, 0.3) is 0 Å². The molecule has 1 atom stereocenters. The van der Waals surface area contributed by atoms with Crippen molar-refractivity contribution in [3.05, 3.63) is 28.8 Å². The van der Waals surface area contributed by atoms with Crippen LogP contribution in [0.15, 0.2) is 23.1 Å². The Hall–Kier alpha value is -0.660. The van der Waals surface area contributed by atoms with E-state index < -0.39 is 10.0 Å². The summed E-state index contributed by atoms with van der Waals surface area (Å²) >= 11 is 5.96. The molecule has 0 saturated carbocycles. The van der Waals surface area contributed by atoms with Gasteiger partial charge >= 0.3 is 0 Å². The average Bonchev–Trinajstić information content (AvgIpc) is 2.35. The third-order valence-corrected chi connectivity index (χ3v) is 4.42. The van der Waals surface area contributed by atoms with Gasteiger partial charge in [-0.25, -0.2) is 13.1 Å². The lowest BCUT2D eigenvalue weighted by atomic mass is 10.2. The van der Waals surface area contributed by atoms with Crippen molar-refractivity contribution in [2.24, 2.45) is 5.73 Å². The molecule has 0 aliphatic carbocycles. The quantitative estimate of drug-likeness (QED) is 0.800. The van der Waals surface area contributed by atoms with E-state index in [4.69, 9.17) is 22.1 Å². The van der Waals surface area contributed by atoms with Crippen molar-refractivity contribution in [1.82, 2.24) is 4.72 Å². The van der Waals surface area contributed by atoms with Gasteiger partial charge in [-0.2, -0.15) is 0 Å². The molecule has 0 aromatic heterocycles. The normalized spacial score (nSPS) is 13.5. The summed E-state index contributed by atoms with van der Waals surface area (Å²) < 4.78 is 31.9. The molecule has 3 N–H and O–H groups in total. The molecule has 1 aromatic rings. The Morgan fingerprint density at radius 2 is 2.16 bits per heavy atom. The second-order valence-corrected chi connectivity index (χ2v) is 6.26. The fourth-order valence-electron chi connectivity index (χ4n) is 1.52. The number of sulfonamides is 1. The van der Waals surface area contributed by atoms with E-state index in [2.05, 4.69) is 4.72 Å². The van der Waals surface area contributed by atoms with Crippen molar-refractivity contribution < 1.29 is 13.2 Å². The number of ether oxygens (including phenoxy) is 1. The Morgan fingerprint density at radius 3 is 2.68 bits per heavy atom. The highest BCUT2D eigenvalue weighted by Gasteiger charge is 2.18. The van der Waals surface area contributed by atoms with E-state index in [1.54, 1.807) is 13.0 Å². The lowest BCUT2D eigenvalue weighted by Crippen LogP contribution is -2.35. The number of hydrogen-bond acceptors (Lipinski definition) is 4. The first-order valence-electron chi connectivity index (χ1n) is 5.99. The van der Waals surface area contributed by atoms with Crippen LogP contribution in [0.3, 0.4) is 0 Å². The number of hydrogen-bond donors (Lipinski definition) is 2. The van der Waals surface area contributed by atoms with Gasteiger partial charge in [0.1, 0.15) is 0 Å². The second kappa shape index (κ2) is 7.21. The van der Waals surface area contributed by atoms with Crippen molar-refractivity contribution in [2.45, 2.75) is 31.3 Å². The lowest BCUT2D eigenvalue weighted by molar-refractivity contribution is 0.133. The lowest BCUT2D eigenvalue weighted by Gasteiger charge is -2.14. The summed E-state index contributed by atoms with van der Waals surface area (Å²) in [6, 6.07) is 4.20. The Bertz CT molecular complexity index is 520. The molecular formula is C12H19ClN2O3S. The molecule has 0 heterocycles. The van der Waals surface area contributed by atoms with Crippen LogP contribution in [0.4, 0.5) is 0 Å². The smallest absolute Gasteiger partial charge is 0.240 e. The zero-order valence-corrected chi connectivity index (χ0v) is 12.6. The topological polar surface area (TPSA) is 81.4 Å². The summed E-state index contributed by atoms with van der Waals surface area (Å²) in [6.07, 6.45) is 0. The summed E-state index contributed by atoms with van der Waals surface area (Å²) in [4.78, 5) is 0.123. The van der Waals surface area contributed by atoms with E-state index in [-0.39, 0.29) is 17.5 Å². The average molecular weight is 307 g/mol. The molecule has 0 radical (unpaired) electrons. The van der Waals surface area contributed by atoms with Gasteiger partial charge in [-0.1, -0.05) is 17.7 Å². The van der Waals surface area contributed by atoms with Gasteiger partial charge < -0.3 is 10.5 Å². The summed E-state index contributed by atoms with van der Waals surface area (Å²) in [7, 11) is -3.59. The Kier molecular flexibility index (Phi) is 6.22. The summed E-state index contributed by atoms with van der Waals surface area (Å²) in [6.45, 7) is 4.73. The van der Waals surface area contributed by atoms with E-state index in [1.165, 1.54) is 12.1 Å². The van der Waals surface area contributed by atoms with Crippen LogP contribution in [0, 0.1) is 0 Å². The van der Waals surface area contributed by atoms with E-state index in [0.717, 1.165) is 0 Å². The summed E-state index contributed by atoms with van der Waals surface area (Å²) in [5.74, 6) is 0. The maximum atomic E-state index is 12.1. The predicted octanol–water partition coefficient (Wildman–Crippen LogP) is 1.50. The van der Waals surface area contributed by atoms with Crippen LogP contribution in [-0.2, 0) is 21.3 Å². The van der Waals surface area contributed by atoms with Crippen LogP contribution < -0.4 is 10.5 Å². The van der Waals surface area contributed by atoms with Gasteiger partial charge in [0.2, 0.25) is 10.0 Å². The molecule has 0 amide bonds. The Balaban J connectivity index is 2.85. The predicted molar refractivity (Wildman–Crippen MR) is 75.6 cm³/mol. The van der Waals surface area contributed by atoms with E-state index in [0.29, 0.717) is 23.8 Å². The van der Waals surface area contributed by atoms with Gasteiger partial charge in [0.15, 0.2) is 0 Å². The molecule has 0 fully saturated rings. The minimum Gasteiger partial charge on any atom is -0.380 e. The third kappa shape index (κ3) is 4.74. The number of rotatable bonds is 7. The molecule has 0 spiro atoms. The molecule has 108 valence electrons. The second-order valence-electron chi connectivity index (χ2n) is 4.14.